The molecule has 164 valence electrons. The zero-order valence-corrected chi connectivity index (χ0v) is 19.1. The molecule has 0 saturated heterocycles. The average Bonchev–Trinajstić information content (AvgIpc) is 3.17. The fourth-order valence-electron chi connectivity index (χ4n) is 2.94. The van der Waals surface area contributed by atoms with Crippen molar-refractivity contribution in [2.45, 2.75) is 24.0 Å². The number of carbonyl (C=O) groups excluding carboxylic acids is 1. The molecule has 1 N–H and O–H groups in total. The molecule has 0 spiro atoms. The van der Waals surface area contributed by atoms with Gasteiger partial charge in [0.1, 0.15) is 22.2 Å². The molecule has 3 rings (SSSR count). The van der Waals surface area contributed by atoms with Crippen LogP contribution in [0.5, 0.6) is 5.75 Å². The molecule has 9 heteroatoms. The maximum Gasteiger partial charge on any atom is 0.287 e. The van der Waals surface area contributed by atoms with Crippen LogP contribution in [0.25, 0.3) is 0 Å². The Labute approximate surface area is 191 Å². The molecule has 1 aromatic heterocycles. The second-order valence-corrected chi connectivity index (χ2v) is 9.40. The van der Waals surface area contributed by atoms with Crippen LogP contribution in [0.4, 0.5) is 0 Å². The highest BCUT2D eigenvalue weighted by atomic mass is 35.5. The van der Waals surface area contributed by atoms with Crippen LogP contribution in [0.3, 0.4) is 0 Å². The highest BCUT2D eigenvalue weighted by Crippen LogP contribution is 2.31. The number of sulfone groups is 1. The summed E-state index contributed by atoms with van der Waals surface area (Å²) in [6.07, 6.45) is 0.630. The Bertz CT molecular complexity index is 1140. The summed E-state index contributed by atoms with van der Waals surface area (Å²) >= 11 is 12.0. The fourth-order valence-corrected chi connectivity index (χ4v) is 5.45. The molecule has 0 unspecified atom stereocenters. The maximum absolute atomic E-state index is 12.7. The molecule has 0 atom stereocenters. The molecular weight excluding hydrogens is 461 g/mol. The highest BCUT2D eigenvalue weighted by molar-refractivity contribution is 7.90. The van der Waals surface area contributed by atoms with Gasteiger partial charge in [-0.15, -0.1) is 0 Å². The SMILES string of the molecule is CCOc1ccc(CCNC(=O)c2ccc(CS(=O)(=O)c3c(Cl)cccc3Cl)o2)cc1. The molecule has 0 aliphatic rings. The van der Waals surface area contributed by atoms with Crippen molar-refractivity contribution >= 4 is 38.9 Å². The van der Waals surface area contributed by atoms with Gasteiger partial charge in [-0.05, 0) is 55.3 Å². The first-order valence-electron chi connectivity index (χ1n) is 9.55. The van der Waals surface area contributed by atoms with E-state index < -0.39 is 21.5 Å². The third-order valence-electron chi connectivity index (χ3n) is 4.38. The number of ether oxygens (including phenoxy) is 1. The Morgan fingerprint density at radius 2 is 1.71 bits per heavy atom. The third kappa shape index (κ3) is 6.03. The topological polar surface area (TPSA) is 85.6 Å². The first kappa shape index (κ1) is 23.2. The monoisotopic (exact) mass is 481 g/mol. The fraction of sp³-hybridized carbons (Fsp3) is 0.227. The van der Waals surface area contributed by atoms with Gasteiger partial charge in [-0.25, -0.2) is 8.42 Å². The molecule has 1 heterocycles. The van der Waals surface area contributed by atoms with Gasteiger partial charge in [0.15, 0.2) is 15.6 Å². The van der Waals surface area contributed by atoms with E-state index in [1.807, 2.05) is 31.2 Å². The van der Waals surface area contributed by atoms with Crippen molar-refractivity contribution in [2.75, 3.05) is 13.2 Å². The van der Waals surface area contributed by atoms with Crippen molar-refractivity contribution in [3.05, 3.63) is 81.7 Å². The van der Waals surface area contributed by atoms with Crippen molar-refractivity contribution < 1.29 is 22.4 Å². The van der Waals surface area contributed by atoms with Gasteiger partial charge in [0.2, 0.25) is 0 Å². The largest absolute Gasteiger partial charge is 0.494 e. The van der Waals surface area contributed by atoms with E-state index in [2.05, 4.69) is 5.32 Å². The Morgan fingerprint density at radius 3 is 2.35 bits per heavy atom. The summed E-state index contributed by atoms with van der Waals surface area (Å²) in [4.78, 5) is 12.2. The molecule has 1 amide bonds. The van der Waals surface area contributed by atoms with Crippen molar-refractivity contribution in [1.29, 1.82) is 0 Å². The van der Waals surface area contributed by atoms with E-state index in [1.165, 1.54) is 24.3 Å². The Morgan fingerprint density at radius 1 is 1.03 bits per heavy atom. The number of carbonyl (C=O) groups is 1. The van der Waals surface area contributed by atoms with Gasteiger partial charge < -0.3 is 14.5 Å². The molecule has 0 fully saturated rings. The van der Waals surface area contributed by atoms with Crippen LogP contribution in [0, 0.1) is 0 Å². The van der Waals surface area contributed by atoms with E-state index in [-0.39, 0.29) is 26.5 Å². The lowest BCUT2D eigenvalue weighted by Crippen LogP contribution is -2.25. The summed E-state index contributed by atoms with van der Waals surface area (Å²) < 4.78 is 36.2. The van der Waals surface area contributed by atoms with E-state index in [1.54, 1.807) is 6.07 Å². The first-order valence-corrected chi connectivity index (χ1v) is 12.0. The molecule has 0 aliphatic heterocycles. The van der Waals surface area contributed by atoms with Gasteiger partial charge in [0.05, 0.1) is 16.7 Å². The van der Waals surface area contributed by atoms with Crippen LogP contribution in [-0.4, -0.2) is 27.5 Å². The van der Waals surface area contributed by atoms with Crippen LogP contribution in [0.1, 0.15) is 28.8 Å². The van der Waals surface area contributed by atoms with Crippen molar-refractivity contribution in [1.82, 2.24) is 5.32 Å². The summed E-state index contributed by atoms with van der Waals surface area (Å²) in [5.74, 6) is 0.0576. The van der Waals surface area contributed by atoms with Crippen molar-refractivity contribution in [2.24, 2.45) is 0 Å². The second kappa shape index (κ2) is 10.2. The number of furan rings is 1. The number of hydrogen-bond donors (Lipinski definition) is 1. The molecule has 0 radical (unpaired) electrons. The lowest BCUT2D eigenvalue weighted by atomic mass is 10.1. The number of benzene rings is 2. The summed E-state index contributed by atoms with van der Waals surface area (Å²) in [5.41, 5.74) is 1.05. The molecular formula is C22H21Cl2NO5S. The minimum Gasteiger partial charge on any atom is -0.494 e. The predicted molar refractivity (Wildman–Crippen MR) is 120 cm³/mol. The van der Waals surface area contributed by atoms with Gasteiger partial charge in [-0.3, -0.25) is 4.79 Å². The minimum atomic E-state index is -3.85. The van der Waals surface area contributed by atoms with Gasteiger partial charge in [-0.1, -0.05) is 41.4 Å². The zero-order valence-electron chi connectivity index (χ0n) is 16.7. The smallest absolute Gasteiger partial charge is 0.287 e. The quantitative estimate of drug-likeness (QED) is 0.468. The van der Waals surface area contributed by atoms with E-state index >= 15 is 0 Å². The number of halogens is 2. The van der Waals surface area contributed by atoms with E-state index in [4.69, 9.17) is 32.4 Å². The lowest BCUT2D eigenvalue weighted by Gasteiger charge is -2.07. The van der Waals surface area contributed by atoms with Crippen molar-refractivity contribution in [3.8, 4) is 5.75 Å². The normalized spacial score (nSPS) is 11.3. The standard InChI is InChI=1S/C22H21Cl2NO5S/c1-2-29-16-8-6-15(7-9-16)12-13-25-22(26)20-11-10-17(30-20)14-31(27,28)21-18(23)4-3-5-19(21)24/h3-11H,2,12-14H2,1H3,(H,25,26). The molecule has 31 heavy (non-hydrogen) atoms. The predicted octanol–water partition coefficient (Wildman–Crippen LogP) is 4.93. The van der Waals surface area contributed by atoms with Crippen LogP contribution in [0.15, 0.2) is 63.9 Å². The minimum absolute atomic E-state index is 0.0298. The number of nitrogens with one attached hydrogen (secondary N) is 1. The van der Waals surface area contributed by atoms with Crippen LogP contribution >= 0.6 is 23.2 Å². The van der Waals surface area contributed by atoms with Crippen molar-refractivity contribution in [3.63, 3.8) is 0 Å². The Balaban J connectivity index is 1.58. The van der Waals surface area contributed by atoms with Crippen LogP contribution < -0.4 is 10.1 Å². The highest BCUT2D eigenvalue weighted by Gasteiger charge is 2.24. The zero-order chi connectivity index (χ0) is 22.4. The summed E-state index contributed by atoms with van der Waals surface area (Å²) in [7, 11) is -3.85. The first-order chi connectivity index (χ1) is 14.8. The number of amides is 1. The van der Waals surface area contributed by atoms with E-state index in [0.717, 1.165) is 11.3 Å². The molecule has 0 bridgehead atoms. The second-order valence-electron chi connectivity index (χ2n) is 6.66. The Hall–Kier alpha value is -2.48. The lowest BCUT2D eigenvalue weighted by molar-refractivity contribution is 0.0925. The van der Waals surface area contributed by atoms with Gasteiger partial charge in [-0.2, -0.15) is 0 Å². The van der Waals surface area contributed by atoms with E-state index in [0.29, 0.717) is 19.6 Å². The van der Waals surface area contributed by atoms with E-state index in [9.17, 15) is 13.2 Å². The third-order valence-corrected chi connectivity index (χ3v) is 6.96. The summed E-state index contributed by atoms with van der Waals surface area (Å²) in [6.45, 7) is 2.93. The molecule has 0 saturated carbocycles. The van der Waals surface area contributed by atoms with Gasteiger partial charge in [0.25, 0.3) is 5.91 Å². The van der Waals surface area contributed by atoms with Gasteiger partial charge >= 0.3 is 0 Å². The van der Waals surface area contributed by atoms with Crippen LogP contribution in [0.2, 0.25) is 10.0 Å². The molecule has 6 nitrogen and oxygen atoms in total. The average molecular weight is 482 g/mol. The van der Waals surface area contributed by atoms with Crippen LogP contribution in [-0.2, 0) is 22.0 Å². The molecule has 0 aliphatic carbocycles. The summed E-state index contributed by atoms with van der Waals surface area (Å²) in [5, 5.41) is 2.82. The molecule has 3 aromatic rings. The Kier molecular flexibility index (Phi) is 7.64. The number of rotatable bonds is 9. The number of hydrogen-bond acceptors (Lipinski definition) is 5. The summed E-state index contributed by atoms with van der Waals surface area (Å²) in [6, 6.07) is 15.0. The molecule has 2 aromatic carbocycles. The van der Waals surface area contributed by atoms with Gasteiger partial charge in [0, 0.05) is 6.54 Å². The maximum atomic E-state index is 12.7.